The zero-order chi connectivity index (χ0) is 21.2. The van der Waals surface area contributed by atoms with E-state index >= 15 is 0 Å². The molecule has 3 saturated heterocycles. The lowest BCUT2D eigenvalue weighted by Gasteiger charge is -2.36. The number of nitrogens with one attached hydrogen (secondary N) is 2. The molecule has 3 heterocycles. The fourth-order valence-corrected chi connectivity index (χ4v) is 7.51. The topological polar surface area (TPSA) is 98.7 Å². The third-order valence-corrected chi connectivity index (χ3v) is 8.61. The van der Waals surface area contributed by atoms with E-state index in [-0.39, 0.29) is 35.5 Å². The Morgan fingerprint density at radius 3 is 2.59 bits per heavy atom. The summed E-state index contributed by atoms with van der Waals surface area (Å²) in [4.78, 5) is 41.2. The van der Waals surface area contributed by atoms with Gasteiger partial charge in [0, 0.05) is 18.3 Å². The summed E-state index contributed by atoms with van der Waals surface area (Å²) < 4.78 is -0.561. The van der Waals surface area contributed by atoms with Gasteiger partial charge in [-0.3, -0.25) is 14.4 Å². The molecule has 0 aromatic heterocycles. The Hall–Kier alpha value is -1.28. The maximum absolute atomic E-state index is 13.5. The monoisotopic (exact) mass is 425 g/mol. The fraction of sp³-hybridized carbons (Fsp3) is 0.857. The van der Waals surface area contributed by atoms with Gasteiger partial charge in [-0.2, -0.15) is 0 Å². The molecule has 3 aliphatic rings. The highest BCUT2D eigenvalue weighted by atomic mass is 32.2. The molecular formula is C21H35N3O4S. The van der Waals surface area contributed by atoms with Crippen LogP contribution in [0.1, 0.15) is 59.3 Å². The van der Waals surface area contributed by atoms with E-state index in [2.05, 4.69) is 17.6 Å². The molecule has 29 heavy (non-hydrogen) atoms. The van der Waals surface area contributed by atoms with Gasteiger partial charge < -0.3 is 20.6 Å². The van der Waals surface area contributed by atoms with Crippen LogP contribution in [0.4, 0.5) is 0 Å². The summed E-state index contributed by atoms with van der Waals surface area (Å²) in [7, 11) is 0. The van der Waals surface area contributed by atoms with Gasteiger partial charge in [0.05, 0.1) is 29.2 Å². The van der Waals surface area contributed by atoms with E-state index in [1.165, 1.54) is 0 Å². The predicted molar refractivity (Wildman–Crippen MR) is 113 cm³/mol. The van der Waals surface area contributed by atoms with Gasteiger partial charge in [-0.15, -0.1) is 11.8 Å². The second-order valence-corrected chi connectivity index (χ2v) is 10.2. The van der Waals surface area contributed by atoms with Crippen molar-refractivity contribution in [2.75, 3.05) is 19.7 Å². The van der Waals surface area contributed by atoms with Crippen LogP contribution in [0, 0.1) is 11.8 Å². The summed E-state index contributed by atoms with van der Waals surface area (Å²) in [5.74, 6) is -1.22. The van der Waals surface area contributed by atoms with Crippen LogP contribution in [0.15, 0.2) is 0 Å². The lowest BCUT2D eigenvalue weighted by molar-refractivity contribution is -0.142. The van der Waals surface area contributed by atoms with Gasteiger partial charge in [0.2, 0.25) is 17.7 Å². The minimum absolute atomic E-state index is 0.0649. The molecule has 164 valence electrons. The molecule has 0 aromatic rings. The van der Waals surface area contributed by atoms with E-state index in [1.54, 1.807) is 23.6 Å². The molecule has 2 bridgehead atoms. The second-order valence-electron chi connectivity index (χ2n) is 8.62. The number of fused-ring (bicyclic) bond motifs is 1. The summed E-state index contributed by atoms with van der Waals surface area (Å²) >= 11 is 1.67. The molecule has 3 aliphatic heterocycles. The van der Waals surface area contributed by atoms with Crippen LogP contribution in [0.3, 0.4) is 0 Å². The number of thioether (sulfide) groups is 1. The van der Waals surface area contributed by atoms with Crippen molar-refractivity contribution in [3.63, 3.8) is 0 Å². The predicted octanol–water partition coefficient (Wildman–Crippen LogP) is 1.29. The summed E-state index contributed by atoms with van der Waals surface area (Å²) in [5.41, 5.74) is 0. The summed E-state index contributed by atoms with van der Waals surface area (Å²) in [6, 6.07) is -1.07. The zero-order valence-electron chi connectivity index (χ0n) is 17.8. The largest absolute Gasteiger partial charge is 0.394 e. The minimum Gasteiger partial charge on any atom is -0.394 e. The molecule has 3 amide bonds. The maximum atomic E-state index is 13.5. The van der Waals surface area contributed by atoms with Gasteiger partial charge in [0.25, 0.3) is 0 Å². The number of aliphatic hydroxyl groups excluding tert-OH is 1. The van der Waals surface area contributed by atoms with Crippen LogP contribution in [-0.2, 0) is 14.4 Å². The van der Waals surface area contributed by atoms with E-state index in [9.17, 15) is 19.5 Å². The quantitative estimate of drug-likeness (QED) is 0.458. The number of hydrogen-bond donors (Lipinski definition) is 3. The van der Waals surface area contributed by atoms with Crippen molar-refractivity contribution in [1.29, 1.82) is 0 Å². The molecule has 6 atom stereocenters. The smallest absolute Gasteiger partial charge is 0.244 e. The van der Waals surface area contributed by atoms with Crippen LogP contribution < -0.4 is 10.6 Å². The lowest BCUT2D eigenvalue weighted by Crippen LogP contribution is -2.56. The van der Waals surface area contributed by atoms with Crippen molar-refractivity contribution in [2.24, 2.45) is 11.8 Å². The van der Waals surface area contributed by atoms with Gasteiger partial charge in [-0.1, -0.05) is 26.7 Å². The van der Waals surface area contributed by atoms with Gasteiger partial charge in [0.15, 0.2) is 0 Å². The highest BCUT2D eigenvalue weighted by molar-refractivity contribution is 8.02. The minimum atomic E-state index is -0.622. The Labute approximate surface area is 177 Å². The molecule has 8 heteroatoms. The number of likely N-dealkylation sites (tertiary alicyclic amines) is 1. The van der Waals surface area contributed by atoms with E-state index in [4.69, 9.17) is 0 Å². The number of aliphatic hydroxyl groups is 1. The zero-order valence-corrected chi connectivity index (χ0v) is 18.6. The van der Waals surface area contributed by atoms with Crippen LogP contribution in [0.5, 0.6) is 0 Å². The third-order valence-electron chi connectivity index (χ3n) is 6.66. The standard InChI is InChI=1S/C21H35N3O4S/c1-4-6-7-11-23-19(27)17-21-9-8-14(29-21)15(18(26)22-10-5-2)16(21)20(28)24(17)13(3)12-25/h13-17,25H,4-12H2,1-3H3,(H,22,26)(H,23,27)/t13-,14+,15-,16+,17?,21?/m1/s1. The molecule has 7 nitrogen and oxygen atoms in total. The molecule has 3 N–H and O–H groups in total. The van der Waals surface area contributed by atoms with E-state index in [1.807, 2.05) is 6.92 Å². The molecule has 0 aliphatic carbocycles. The van der Waals surface area contributed by atoms with E-state index < -0.39 is 22.7 Å². The first kappa shape index (κ1) is 22.4. The fourth-order valence-electron chi connectivity index (χ4n) is 5.30. The van der Waals surface area contributed by atoms with Crippen LogP contribution in [0.2, 0.25) is 0 Å². The molecule has 0 radical (unpaired) electrons. The maximum Gasteiger partial charge on any atom is 0.244 e. The van der Waals surface area contributed by atoms with Crippen LogP contribution >= 0.6 is 11.8 Å². The number of amides is 3. The van der Waals surface area contributed by atoms with Crippen molar-refractivity contribution in [2.45, 2.75) is 81.4 Å². The normalized spacial score (nSPS) is 33.7. The number of carbonyl (C=O) groups is 3. The SMILES string of the molecule is CCCCCNC(=O)C1N([C@H](C)CO)C(=O)[C@@H]2[C@H](C(=O)NCCC)[C@@H]3CCC12S3. The number of unbranched alkanes of at least 4 members (excludes halogenated alkanes) is 2. The molecule has 2 unspecified atom stereocenters. The first-order valence-electron chi connectivity index (χ1n) is 11.1. The molecular weight excluding hydrogens is 390 g/mol. The molecule has 0 saturated carbocycles. The Balaban J connectivity index is 1.88. The van der Waals surface area contributed by atoms with E-state index in [0.717, 1.165) is 38.5 Å². The van der Waals surface area contributed by atoms with Crippen molar-refractivity contribution >= 4 is 29.5 Å². The first-order chi connectivity index (χ1) is 13.9. The van der Waals surface area contributed by atoms with Crippen molar-refractivity contribution in [3.8, 4) is 0 Å². The molecule has 1 spiro atoms. The summed E-state index contributed by atoms with van der Waals surface area (Å²) in [6.07, 6.45) is 5.48. The number of nitrogens with zero attached hydrogens (tertiary/aromatic N) is 1. The lowest BCUT2D eigenvalue weighted by atomic mass is 9.70. The Morgan fingerprint density at radius 2 is 1.93 bits per heavy atom. The Morgan fingerprint density at radius 1 is 1.21 bits per heavy atom. The summed E-state index contributed by atoms with van der Waals surface area (Å²) in [6.45, 7) is 6.88. The van der Waals surface area contributed by atoms with Crippen molar-refractivity contribution < 1.29 is 19.5 Å². The molecule has 0 aromatic carbocycles. The van der Waals surface area contributed by atoms with Crippen molar-refractivity contribution in [3.05, 3.63) is 0 Å². The average molecular weight is 426 g/mol. The Bertz CT molecular complexity index is 645. The third kappa shape index (κ3) is 3.78. The van der Waals surface area contributed by atoms with Gasteiger partial charge in [-0.05, 0) is 32.6 Å². The first-order valence-corrected chi connectivity index (χ1v) is 12.0. The highest BCUT2D eigenvalue weighted by Crippen LogP contribution is 2.66. The van der Waals surface area contributed by atoms with Crippen LogP contribution in [0.25, 0.3) is 0 Å². The number of hydrogen-bond acceptors (Lipinski definition) is 5. The number of rotatable bonds is 10. The molecule has 3 fully saturated rings. The second kappa shape index (κ2) is 9.25. The van der Waals surface area contributed by atoms with E-state index in [0.29, 0.717) is 13.1 Å². The summed E-state index contributed by atoms with van der Waals surface area (Å²) in [5, 5.41) is 15.8. The molecule has 3 rings (SSSR count). The Kier molecular flexibility index (Phi) is 7.14. The van der Waals surface area contributed by atoms with Gasteiger partial charge in [0.1, 0.15) is 6.04 Å². The number of carbonyl (C=O) groups excluding carboxylic acids is 3. The van der Waals surface area contributed by atoms with Gasteiger partial charge >= 0.3 is 0 Å². The average Bonchev–Trinajstić information content (AvgIpc) is 3.36. The van der Waals surface area contributed by atoms with Crippen LogP contribution in [-0.4, -0.2) is 69.5 Å². The highest BCUT2D eigenvalue weighted by Gasteiger charge is 2.73. The van der Waals surface area contributed by atoms with Gasteiger partial charge in [-0.25, -0.2) is 0 Å². The van der Waals surface area contributed by atoms with Crippen molar-refractivity contribution in [1.82, 2.24) is 15.5 Å².